The Balaban J connectivity index is 1.45. The highest BCUT2D eigenvalue weighted by molar-refractivity contribution is 5.58. The second kappa shape index (κ2) is 8.34. The second-order valence-corrected chi connectivity index (χ2v) is 8.39. The van der Waals surface area contributed by atoms with Crippen molar-refractivity contribution in [2.45, 2.75) is 31.2 Å². The molecular formula is C22H24N8O3. The fourth-order valence-corrected chi connectivity index (χ4v) is 3.98. The lowest BCUT2D eigenvalue weighted by Gasteiger charge is -2.26. The second-order valence-electron chi connectivity index (χ2n) is 8.39. The van der Waals surface area contributed by atoms with E-state index in [4.69, 9.17) is 10.3 Å². The first-order valence-electron chi connectivity index (χ1n) is 10.7. The van der Waals surface area contributed by atoms with Gasteiger partial charge < -0.3 is 20.5 Å². The van der Waals surface area contributed by atoms with Gasteiger partial charge in [0, 0.05) is 30.4 Å². The summed E-state index contributed by atoms with van der Waals surface area (Å²) in [6.07, 6.45) is 10.5. The van der Waals surface area contributed by atoms with Gasteiger partial charge in [0.1, 0.15) is 0 Å². The Labute approximate surface area is 189 Å². The van der Waals surface area contributed by atoms with Crippen LogP contribution in [-0.4, -0.2) is 58.3 Å². The van der Waals surface area contributed by atoms with Crippen molar-refractivity contribution in [1.29, 1.82) is 0 Å². The van der Waals surface area contributed by atoms with Crippen molar-refractivity contribution in [1.82, 2.24) is 34.9 Å². The van der Waals surface area contributed by atoms with Crippen LogP contribution in [0.25, 0.3) is 22.7 Å². The number of rotatable bonds is 8. The first-order chi connectivity index (χ1) is 16.0. The molecule has 33 heavy (non-hydrogen) atoms. The molecular weight excluding hydrogens is 424 g/mol. The normalized spacial score (nSPS) is 15.6. The van der Waals surface area contributed by atoms with Gasteiger partial charge in [-0.15, -0.1) is 0 Å². The maximum atomic E-state index is 9.38. The zero-order chi connectivity index (χ0) is 23.0. The van der Waals surface area contributed by atoms with Crippen molar-refractivity contribution in [3.8, 4) is 22.7 Å². The number of hydrogen-bond donors (Lipinski definition) is 3. The van der Waals surface area contributed by atoms with E-state index in [-0.39, 0.29) is 19.2 Å². The molecule has 1 aliphatic carbocycles. The summed E-state index contributed by atoms with van der Waals surface area (Å²) in [4.78, 5) is 17.4. The number of anilines is 1. The number of nitrogen functional groups attached to an aromatic ring is 1. The highest BCUT2D eigenvalue weighted by Gasteiger charge is 2.47. The molecule has 1 aliphatic rings. The molecule has 5 rings (SSSR count). The maximum absolute atomic E-state index is 9.38. The first-order valence-corrected chi connectivity index (χ1v) is 10.7. The van der Waals surface area contributed by atoms with Crippen LogP contribution in [0.15, 0.2) is 47.6 Å². The lowest BCUT2D eigenvalue weighted by Crippen LogP contribution is -2.28. The highest BCUT2D eigenvalue weighted by Crippen LogP contribution is 2.50. The summed E-state index contributed by atoms with van der Waals surface area (Å²) >= 11 is 0. The molecule has 0 radical (unpaired) electrons. The Morgan fingerprint density at radius 1 is 1.09 bits per heavy atom. The molecule has 0 bridgehead atoms. The van der Waals surface area contributed by atoms with Crippen LogP contribution in [0.5, 0.6) is 0 Å². The Morgan fingerprint density at radius 3 is 2.48 bits per heavy atom. The van der Waals surface area contributed by atoms with E-state index in [1.165, 1.54) is 4.68 Å². The number of aromatic nitrogens is 7. The van der Waals surface area contributed by atoms with Gasteiger partial charge in [0.2, 0.25) is 5.95 Å². The minimum absolute atomic E-state index is 0.221. The van der Waals surface area contributed by atoms with Gasteiger partial charge in [-0.1, -0.05) is 11.2 Å². The topological polar surface area (TPSA) is 162 Å². The molecule has 1 fully saturated rings. The van der Waals surface area contributed by atoms with Gasteiger partial charge in [-0.2, -0.15) is 10.1 Å². The lowest BCUT2D eigenvalue weighted by molar-refractivity contribution is 0.146. The third-order valence-electron chi connectivity index (χ3n) is 6.26. The van der Waals surface area contributed by atoms with Crippen LogP contribution in [0.2, 0.25) is 0 Å². The van der Waals surface area contributed by atoms with Crippen LogP contribution in [0, 0.1) is 5.92 Å². The van der Waals surface area contributed by atoms with E-state index in [0.29, 0.717) is 23.2 Å². The minimum Gasteiger partial charge on any atom is -0.394 e. The van der Waals surface area contributed by atoms with E-state index in [2.05, 4.69) is 37.1 Å². The summed E-state index contributed by atoms with van der Waals surface area (Å²) < 4.78 is 7.06. The average molecular weight is 448 g/mol. The first kappa shape index (κ1) is 21.2. The molecule has 4 heterocycles. The highest BCUT2D eigenvalue weighted by atomic mass is 16.5. The third kappa shape index (κ3) is 3.85. The van der Waals surface area contributed by atoms with Gasteiger partial charge in [0.15, 0.2) is 5.82 Å². The minimum atomic E-state index is -0.520. The van der Waals surface area contributed by atoms with E-state index in [1.807, 2.05) is 18.3 Å². The molecule has 0 spiro atoms. The zero-order valence-corrected chi connectivity index (χ0v) is 18.0. The molecule has 0 aliphatic heterocycles. The van der Waals surface area contributed by atoms with Gasteiger partial charge in [-0.3, -0.25) is 9.67 Å². The van der Waals surface area contributed by atoms with Crippen molar-refractivity contribution in [2.75, 3.05) is 18.9 Å². The van der Waals surface area contributed by atoms with Crippen molar-refractivity contribution < 1.29 is 14.7 Å². The van der Waals surface area contributed by atoms with E-state index in [1.54, 1.807) is 24.8 Å². The number of aliphatic hydroxyl groups excluding tert-OH is 2. The van der Waals surface area contributed by atoms with Crippen molar-refractivity contribution in [3.63, 3.8) is 0 Å². The fourth-order valence-electron chi connectivity index (χ4n) is 3.98. The summed E-state index contributed by atoms with van der Waals surface area (Å²) in [5, 5.41) is 27.3. The van der Waals surface area contributed by atoms with Gasteiger partial charge in [-0.05, 0) is 37.3 Å². The van der Waals surface area contributed by atoms with Crippen LogP contribution in [-0.2, 0) is 5.41 Å². The molecule has 11 heteroatoms. The van der Waals surface area contributed by atoms with E-state index >= 15 is 0 Å². The summed E-state index contributed by atoms with van der Waals surface area (Å²) in [6, 6.07) is 3.44. The number of pyridine rings is 1. The molecule has 4 aromatic rings. The van der Waals surface area contributed by atoms with Crippen LogP contribution in [0.3, 0.4) is 0 Å². The summed E-state index contributed by atoms with van der Waals surface area (Å²) in [5.74, 6) is 1.52. The molecule has 4 N–H and O–H groups in total. The van der Waals surface area contributed by atoms with E-state index in [0.717, 1.165) is 29.7 Å². The SMILES string of the molecule is C[C@@](c1ccc(-c2cnc(N)nc2)nc1)(c1noc(-c2cnn(C(CO)CO)c2)n1)C1CC1. The summed E-state index contributed by atoms with van der Waals surface area (Å²) in [6.45, 7) is 1.66. The maximum Gasteiger partial charge on any atom is 0.261 e. The molecule has 11 nitrogen and oxygen atoms in total. The number of aliphatic hydroxyl groups is 2. The molecule has 0 unspecified atom stereocenters. The van der Waals surface area contributed by atoms with Gasteiger partial charge in [0.25, 0.3) is 5.89 Å². The van der Waals surface area contributed by atoms with Gasteiger partial charge in [0.05, 0.1) is 42.1 Å². The van der Waals surface area contributed by atoms with E-state index in [9.17, 15) is 10.2 Å². The summed E-state index contributed by atoms with van der Waals surface area (Å²) in [5.41, 5.74) is 8.26. The molecule has 4 aromatic heterocycles. The number of nitrogens with two attached hydrogens (primary N) is 1. The Bertz CT molecular complexity index is 1230. The largest absolute Gasteiger partial charge is 0.394 e. The number of nitrogens with zero attached hydrogens (tertiary/aromatic N) is 7. The van der Waals surface area contributed by atoms with E-state index < -0.39 is 11.5 Å². The van der Waals surface area contributed by atoms with Crippen LogP contribution >= 0.6 is 0 Å². The lowest BCUT2D eigenvalue weighted by atomic mass is 9.77. The monoisotopic (exact) mass is 448 g/mol. The average Bonchev–Trinajstić information content (AvgIpc) is 3.38. The molecule has 0 aromatic carbocycles. The van der Waals surface area contributed by atoms with Crippen molar-refractivity contribution in [2.24, 2.45) is 5.92 Å². The van der Waals surface area contributed by atoms with Crippen molar-refractivity contribution in [3.05, 3.63) is 54.5 Å². The molecule has 170 valence electrons. The van der Waals surface area contributed by atoms with Crippen molar-refractivity contribution >= 4 is 5.95 Å². The van der Waals surface area contributed by atoms with Crippen LogP contribution in [0.4, 0.5) is 5.95 Å². The summed E-state index contributed by atoms with van der Waals surface area (Å²) in [7, 11) is 0. The Morgan fingerprint density at radius 2 is 1.85 bits per heavy atom. The third-order valence-corrected chi connectivity index (χ3v) is 6.26. The van der Waals surface area contributed by atoms with Crippen LogP contribution in [0.1, 0.15) is 37.2 Å². The predicted octanol–water partition coefficient (Wildman–Crippen LogP) is 1.61. The Hall–Kier alpha value is -3.70. The molecule has 0 amide bonds. The smallest absolute Gasteiger partial charge is 0.261 e. The fraction of sp³-hybridized carbons (Fsp3) is 0.364. The molecule has 1 atom stereocenters. The molecule has 1 saturated carbocycles. The van der Waals surface area contributed by atoms with Crippen LogP contribution < -0.4 is 5.73 Å². The van der Waals surface area contributed by atoms with Gasteiger partial charge >= 0.3 is 0 Å². The number of hydrogen-bond acceptors (Lipinski definition) is 10. The van der Waals surface area contributed by atoms with Gasteiger partial charge in [-0.25, -0.2) is 9.97 Å². The standard InChI is InChI=1S/C22H24N8O3/c1-22(15-2-3-15,16-4-5-18(24-9-16)13-6-25-21(23)26-7-13)20-28-19(33-29-20)14-8-27-30(10-14)17(11-31)12-32/h4-10,15,17,31-32H,2-3,11-12H2,1H3,(H2,23,25,26)/t22-/m1/s1. The predicted molar refractivity (Wildman–Crippen MR) is 118 cm³/mol. The Kier molecular flexibility index (Phi) is 5.35. The zero-order valence-electron chi connectivity index (χ0n) is 18.0. The quantitative estimate of drug-likeness (QED) is 0.361. The molecule has 0 saturated heterocycles.